The van der Waals surface area contributed by atoms with E-state index in [-0.39, 0.29) is 12.0 Å². The highest BCUT2D eigenvalue weighted by atomic mass is 16.5. The van der Waals surface area contributed by atoms with Gasteiger partial charge in [0.25, 0.3) is 0 Å². The van der Waals surface area contributed by atoms with Gasteiger partial charge >= 0.3 is 0 Å². The standard InChI is InChI=1S/C17H25N3O2/c1-5-22-15-7-6-14(8-12(15)11-21)18-9-13-10-19-20-16(13)17(2,3)4/h6-8,10,18,21H,5,9,11H2,1-4H3,(H,19,20). The van der Waals surface area contributed by atoms with Crippen LogP contribution in [0, 0.1) is 0 Å². The molecule has 0 saturated carbocycles. The Morgan fingerprint density at radius 1 is 1.27 bits per heavy atom. The number of aliphatic hydroxyl groups excluding tert-OH is 1. The normalized spacial score (nSPS) is 11.5. The SMILES string of the molecule is CCOc1ccc(NCc2cn[nH]c2C(C)(C)C)cc1CO. The van der Waals surface area contributed by atoms with Gasteiger partial charge in [-0.1, -0.05) is 20.8 Å². The molecule has 0 amide bonds. The topological polar surface area (TPSA) is 70.2 Å². The van der Waals surface area contributed by atoms with Crippen molar-refractivity contribution in [3.63, 3.8) is 0 Å². The van der Waals surface area contributed by atoms with Crippen LogP contribution in [-0.2, 0) is 18.6 Å². The number of aromatic amines is 1. The molecule has 0 unspecified atom stereocenters. The number of aliphatic hydroxyl groups is 1. The number of benzene rings is 1. The van der Waals surface area contributed by atoms with E-state index in [0.717, 1.165) is 28.3 Å². The van der Waals surface area contributed by atoms with E-state index in [4.69, 9.17) is 4.74 Å². The summed E-state index contributed by atoms with van der Waals surface area (Å²) in [6.45, 7) is 9.63. The summed E-state index contributed by atoms with van der Waals surface area (Å²) >= 11 is 0. The summed E-state index contributed by atoms with van der Waals surface area (Å²) in [5, 5.41) is 20.1. The van der Waals surface area contributed by atoms with E-state index in [1.165, 1.54) is 0 Å². The van der Waals surface area contributed by atoms with Crippen LogP contribution < -0.4 is 10.1 Å². The molecule has 0 aliphatic heterocycles. The summed E-state index contributed by atoms with van der Waals surface area (Å²) < 4.78 is 5.49. The third-order valence-corrected chi connectivity index (χ3v) is 3.48. The maximum atomic E-state index is 9.45. The van der Waals surface area contributed by atoms with Gasteiger partial charge in [0.15, 0.2) is 0 Å². The Kier molecular flexibility index (Phi) is 5.08. The average molecular weight is 303 g/mol. The second-order valence-electron chi connectivity index (χ2n) is 6.29. The predicted molar refractivity (Wildman–Crippen MR) is 88.1 cm³/mol. The first-order valence-corrected chi connectivity index (χ1v) is 7.59. The first-order chi connectivity index (χ1) is 10.5. The highest BCUT2D eigenvalue weighted by Crippen LogP contribution is 2.26. The Bertz CT molecular complexity index is 615. The molecule has 0 atom stereocenters. The second-order valence-corrected chi connectivity index (χ2v) is 6.29. The summed E-state index contributed by atoms with van der Waals surface area (Å²) in [6, 6.07) is 5.76. The van der Waals surface area contributed by atoms with Crippen molar-refractivity contribution in [2.45, 2.75) is 46.3 Å². The van der Waals surface area contributed by atoms with Gasteiger partial charge in [0.05, 0.1) is 19.4 Å². The Morgan fingerprint density at radius 3 is 2.68 bits per heavy atom. The molecule has 1 heterocycles. The van der Waals surface area contributed by atoms with Crippen LogP contribution in [0.25, 0.3) is 0 Å². The van der Waals surface area contributed by atoms with E-state index in [9.17, 15) is 5.11 Å². The van der Waals surface area contributed by atoms with Crippen molar-refractivity contribution in [3.05, 3.63) is 41.2 Å². The molecule has 2 rings (SSSR count). The minimum atomic E-state index is -0.0379. The van der Waals surface area contributed by atoms with E-state index in [2.05, 4.69) is 36.3 Å². The highest BCUT2D eigenvalue weighted by molar-refractivity contribution is 5.51. The lowest BCUT2D eigenvalue weighted by Gasteiger charge is -2.19. The first-order valence-electron chi connectivity index (χ1n) is 7.59. The Hall–Kier alpha value is -2.01. The number of nitrogens with zero attached hydrogens (tertiary/aromatic N) is 1. The molecule has 3 N–H and O–H groups in total. The number of ether oxygens (including phenoxy) is 1. The molecule has 5 nitrogen and oxygen atoms in total. The lowest BCUT2D eigenvalue weighted by atomic mass is 9.89. The molecule has 1 aromatic carbocycles. The fourth-order valence-electron chi connectivity index (χ4n) is 2.40. The predicted octanol–water partition coefficient (Wildman–Crippen LogP) is 3.21. The maximum absolute atomic E-state index is 9.45. The van der Waals surface area contributed by atoms with Crippen molar-refractivity contribution >= 4 is 5.69 Å². The third-order valence-electron chi connectivity index (χ3n) is 3.48. The van der Waals surface area contributed by atoms with Crippen LogP contribution in [0.15, 0.2) is 24.4 Å². The Morgan fingerprint density at radius 2 is 2.05 bits per heavy atom. The lowest BCUT2D eigenvalue weighted by Crippen LogP contribution is -2.15. The van der Waals surface area contributed by atoms with E-state index >= 15 is 0 Å². The zero-order valence-corrected chi connectivity index (χ0v) is 13.7. The molecule has 0 spiro atoms. The molecule has 0 saturated heterocycles. The summed E-state index contributed by atoms with van der Waals surface area (Å²) in [4.78, 5) is 0. The van der Waals surface area contributed by atoms with E-state index in [1.807, 2.05) is 31.3 Å². The molecular weight excluding hydrogens is 278 g/mol. The fraction of sp³-hybridized carbons (Fsp3) is 0.471. The number of rotatable bonds is 6. The average Bonchev–Trinajstić information content (AvgIpc) is 2.95. The minimum Gasteiger partial charge on any atom is -0.494 e. The van der Waals surface area contributed by atoms with Crippen LogP contribution >= 0.6 is 0 Å². The minimum absolute atomic E-state index is 0.0304. The monoisotopic (exact) mass is 303 g/mol. The van der Waals surface area contributed by atoms with Crippen molar-refractivity contribution in [1.82, 2.24) is 10.2 Å². The molecule has 1 aromatic heterocycles. The van der Waals surface area contributed by atoms with Crippen molar-refractivity contribution in [3.8, 4) is 5.75 Å². The van der Waals surface area contributed by atoms with Crippen LogP contribution in [0.1, 0.15) is 44.5 Å². The molecule has 0 fully saturated rings. The smallest absolute Gasteiger partial charge is 0.124 e. The molecule has 120 valence electrons. The van der Waals surface area contributed by atoms with Gasteiger partial charge in [-0.2, -0.15) is 5.10 Å². The van der Waals surface area contributed by atoms with Gasteiger partial charge in [0.1, 0.15) is 5.75 Å². The number of aromatic nitrogens is 2. The van der Waals surface area contributed by atoms with Crippen LogP contribution in [0.5, 0.6) is 5.75 Å². The summed E-state index contributed by atoms with van der Waals surface area (Å²) in [6.07, 6.45) is 1.86. The van der Waals surface area contributed by atoms with Crippen LogP contribution in [0.2, 0.25) is 0 Å². The lowest BCUT2D eigenvalue weighted by molar-refractivity contribution is 0.267. The van der Waals surface area contributed by atoms with E-state index in [1.54, 1.807) is 0 Å². The number of hydrogen-bond acceptors (Lipinski definition) is 4. The molecular formula is C17H25N3O2. The molecule has 0 aliphatic rings. The van der Waals surface area contributed by atoms with Gasteiger partial charge in [0.2, 0.25) is 0 Å². The van der Waals surface area contributed by atoms with Crippen molar-refractivity contribution in [2.75, 3.05) is 11.9 Å². The summed E-state index contributed by atoms with van der Waals surface area (Å²) in [5.74, 6) is 0.731. The molecule has 0 bridgehead atoms. The Labute approximate surface area is 131 Å². The van der Waals surface area contributed by atoms with Crippen LogP contribution in [0.3, 0.4) is 0 Å². The number of H-pyrrole nitrogens is 1. The molecule has 0 aliphatic carbocycles. The van der Waals surface area contributed by atoms with Gasteiger partial charge in [0, 0.05) is 34.5 Å². The zero-order valence-electron chi connectivity index (χ0n) is 13.7. The van der Waals surface area contributed by atoms with Crippen molar-refractivity contribution in [1.29, 1.82) is 0 Å². The van der Waals surface area contributed by atoms with Gasteiger partial charge < -0.3 is 15.2 Å². The van der Waals surface area contributed by atoms with Crippen molar-refractivity contribution < 1.29 is 9.84 Å². The van der Waals surface area contributed by atoms with E-state index < -0.39 is 0 Å². The first kappa shape index (κ1) is 16.4. The molecule has 5 heteroatoms. The quantitative estimate of drug-likeness (QED) is 0.766. The maximum Gasteiger partial charge on any atom is 0.124 e. The van der Waals surface area contributed by atoms with Gasteiger partial charge in [-0.15, -0.1) is 0 Å². The van der Waals surface area contributed by atoms with Gasteiger partial charge in [-0.05, 0) is 25.1 Å². The number of anilines is 1. The highest BCUT2D eigenvalue weighted by Gasteiger charge is 2.19. The van der Waals surface area contributed by atoms with Crippen LogP contribution in [0.4, 0.5) is 5.69 Å². The largest absolute Gasteiger partial charge is 0.494 e. The van der Waals surface area contributed by atoms with Gasteiger partial charge in [-0.25, -0.2) is 0 Å². The fourth-order valence-corrected chi connectivity index (χ4v) is 2.40. The zero-order chi connectivity index (χ0) is 16.2. The molecule has 0 radical (unpaired) electrons. The molecule has 2 aromatic rings. The molecule has 22 heavy (non-hydrogen) atoms. The second kappa shape index (κ2) is 6.83. The van der Waals surface area contributed by atoms with Gasteiger partial charge in [-0.3, -0.25) is 5.10 Å². The van der Waals surface area contributed by atoms with Crippen molar-refractivity contribution in [2.24, 2.45) is 0 Å². The van der Waals surface area contributed by atoms with Crippen LogP contribution in [-0.4, -0.2) is 21.9 Å². The number of hydrogen-bond donors (Lipinski definition) is 3. The van der Waals surface area contributed by atoms with E-state index in [0.29, 0.717) is 13.2 Å². The summed E-state index contributed by atoms with van der Waals surface area (Å²) in [5.41, 5.74) is 4.05. The summed E-state index contributed by atoms with van der Waals surface area (Å²) in [7, 11) is 0. The third kappa shape index (κ3) is 3.80. The Balaban J connectivity index is 2.11. The number of nitrogens with one attached hydrogen (secondary N) is 2.